The zero-order chi connectivity index (χ0) is 10.8. The normalized spacial score (nSPS) is 36.2. The predicted octanol–water partition coefficient (Wildman–Crippen LogP) is 3.59. The fraction of sp³-hybridized carbons (Fsp3) is 1.00. The molecule has 2 aliphatic rings. The van der Waals surface area contributed by atoms with Gasteiger partial charge in [-0.15, -0.1) is 0 Å². The molecule has 88 valence electrons. The van der Waals surface area contributed by atoms with E-state index in [1.165, 1.54) is 38.5 Å². The van der Waals surface area contributed by atoms with Crippen molar-refractivity contribution >= 4 is 0 Å². The lowest BCUT2D eigenvalue weighted by Gasteiger charge is -2.33. The summed E-state index contributed by atoms with van der Waals surface area (Å²) in [7, 11) is 0. The zero-order valence-corrected chi connectivity index (χ0v) is 10.6. The van der Waals surface area contributed by atoms with Crippen LogP contribution in [0.4, 0.5) is 0 Å². The van der Waals surface area contributed by atoms with Crippen LogP contribution < -0.4 is 5.32 Å². The van der Waals surface area contributed by atoms with Crippen molar-refractivity contribution in [2.24, 2.45) is 17.8 Å². The van der Waals surface area contributed by atoms with Crippen LogP contribution in [0.2, 0.25) is 0 Å². The molecule has 0 amide bonds. The minimum atomic E-state index is 0.739. The van der Waals surface area contributed by atoms with Crippen molar-refractivity contribution in [1.82, 2.24) is 5.32 Å². The van der Waals surface area contributed by atoms with E-state index < -0.39 is 0 Å². The average molecular weight is 209 g/mol. The fourth-order valence-electron chi connectivity index (χ4n) is 3.22. The topological polar surface area (TPSA) is 12.0 Å². The third-order valence-electron chi connectivity index (χ3n) is 4.54. The largest absolute Gasteiger partial charge is 0.311 e. The molecule has 0 spiro atoms. The summed E-state index contributed by atoms with van der Waals surface area (Å²) >= 11 is 0. The first kappa shape index (κ1) is 11.4. The molecule has 0 aromatic heterocycles. The molecule has 4 unspecified atom stereocenters. The number of nitrogens with one attached hydrogen (secondary N) is 1. The van der Waals surface area contributed by atoms with E-state index in [2.05, 4.69) is 26.1 Å². The van der Waals surface area contributed by atoms with E-state index in [1.807, 2.05) is 0 Å². The Bertz CT molecular complexity index is 198. The van der Waals surface area contributed by atoms with E-state index in [-0.39, 0.29) is 0 Å². The SMILES string of the molecule is CC1CCCC(C(C)NC(C)C2CC2)C1. The number of rotatable bonds is 4. The van der Waals surface area contributed by atoms with Crippen molar-refractivity contribution in [2.75, 3.05) is 0 Å². The van der Waals surface area contributed by atoms with E-state index in [4.69, 9.17) is 0 Å². The summed E-state index contributed by atoms with van der Waals surface area (Å²) in [6.45, 7) is 7.20. The summed E-state index contributed by atoms with van der Waals surface area (Å²) < 4.78 is 0. The molecular formula is C14H27N. The third kappa shape index (κ3) is 3.21. The Kier molecular flexibility index (Phi) is 3.71. The van der Waals surface area contributed by atoms with Gasteiger partial charge in [-0.3, -0.25) is 0 Å². The van der Waals surface area contributed by atoms with Crippen LogP contribution in [0.25, 0.3) is 0 Å². The van der Waals surface area contributed by atoms with Gasteiger partial charge in [0.15, 0.2) is 0 Å². The van der Waals surface area contributed by atoms with Gasteiger partial charge < -0.3 is 5.32 Å². The molecule has 0 radical (unpaired) electrons. The van der Waals surface area contributed by atoms with Crippen molar-refractivity contribution in [2.45, 2.75) is 71.4 Å². The van der Waals surface area contributed by atoms with Crippen LogP contribution in [0.5, 0.6) is 0 Å². The van der Waals surface area contributed by atoms with Gasteiger partial charge in [0.25, 0.3) is 0 Å². The Labute approximate surface area is 95.0 Å². The van der Waals surface area contributed by atoms with E-state index in [0.717, 1.165) is 29.8 Å². The Balaban J connectivity index is 1.75. The first-order valence-corrected chi connectivity index (χ1v) is 6.93. The second-order valence-corrected chi connectivity index (χ2v) is 6.11. The van der Waals surface area contributed by atoms with Crippen LogP contribution >= 0.6 is 0 Å². The molecule has 0 saturated heterocycles. The molecule has 0 aromatic carbocycles. The highest BCUT2D eigenvalue weighted by molar-refractivity contribution is 4.87. The van der Waals surface area contributed by atoms with Crippen LogP contribution in [0.15, 0.2) is 0 Å². The van der Waals surface area contributed by atoms with Crippen LogP contribution in [-0.4, -0.2) is 12.1 Å². The molecule has 1 heteroatoms. The maximum Gasteiger partial charge on any atom is 0.00696 e. The maximum atomic E-state index is 3.83. The lowest BCUT2D eigenvalue weighted by molar-refractivity contribution is 0.219. The summed E-state index contributed by atoms with van der Waals surface area (Å²) in [5.41, 5.74) is 0. The van der Waals surface area contributed by atoms with Crippen LogP contribution in [0.1, 0.15) is 59.3 Å². The quantitative estimate of drug-likeness (QED) is 0.746. The minimum Gasteiger partial charge on any atom is -0.311 e. The summed E-state index contributed by atoms with van der Waals surface area (Å²) in [6.07, 6.45) is 8.74. The number of hydrogen-bond donors (Lipinski definition) is 1. The molecule has 15 heavy (non-hydrogen) atoms. The van der Waals surface area contributed by atoms with Crippen molar-refractivity contribution in [3.63, 3.8) is 0 Å². The lowest BCUT2D eigenvalue weighted by atomic mass is 9.79. The molecule has 0 heterocycles. The van der Waals surface area contributed by atoms with Gasteiger partial charge in [0, 0.05) is 12.1 Å². The standard InChI is InChI=1S/C14H27N/c1-10-5-4-6-14(9-10)12(3)15-11(2)13-7-8-13/h10-15H,4-9H2,1-3H3. The summed E-state index contributed by atoms with van der Waals surface area (Å²) in [5.74, 6) is 2.90. The monoisotopic (exact) mass is 209 g/mol. The van der Waals surface area contributed by atoms with Gasteiger partial charge in [0.05, 0.1) is 0 Å². The molecule has 4 atom stereocenters. The molecular weight excluding hydrogens is 182 g/mol. The average Bonchev–Trinajstić information content (AvgIpc) is 3.00. The molecule has 1 nitrogen and oxygen atoms in total. The van der Waals surface area contributed by atoms with Crippen molar-refractivity contribution in [3.8, 4) is 0 Å². The molecule has 0 aliphatic heterocycles. The highest BCUT2D eigenvalue weighted by Crippen LogP contribution is 2.34. The van der Waals surface area contributed by atoms with Gasteiger partial charge in [0.2, 0.25) is 0 Å². The second-order valence-electron chi connectivity index (χ2n) is 6.11. The first-order chi connectivity index (χ1) is 7.16. The Morgan fingerprint density at radius 1 is 0.933 bits per heavy atom. The van der Waals surface area contributed by atoms with E-state index in [0.29, 0.717) is 0 Å². The minimum absolute atomic E-state index is 0.739. The summed E-state index contributed by atoms with van der Waals surface area (Å²) in [4.78, 5) is 0. The molecule has 2 rings (SSSR count). The molecule has 0 bridgehead atoms. The molecule has 2 saturated carbocycles. The molecule has 0 aromatic rings. The van der Waals surface area contributed by atoms with E-state index in [9.17, 15) is 0 Å². The summed E-state index contributed by atoms with van der Waals surface area (Å²) in [5, 5.41) is 3.83. The molecule has 1 N–H and O–H groups in total. The maximum absolute atomic E-state index is 3.83. The van der Waals surface area contributed by atoms with Crippen molar-refractivity contribution in [3.05, 3.63) is 0 Å². The lowest BCUT2D eigenvalue weighted by Crippen LogP contribution is -2.41. The van der Waals surface area contributed by atoms with Gasteiger partial charge in [0.1, 0.15) is 0 Å². The van der Waals surface area contributed by atoms with Gasteiger partial charge in [-0.25, -0.2) is 0 Å². The first-order valence-electron chi connectivity index (χ1n) is 6.93. The highest BCUT2D eigenvalue weighted by Gasteiger charge is 2.31. The van der Waals surface area contributed by atoms with Crippen LogP contribution in [-0.2, 0) is 0 Å². The Hall–Kier alpha value is -0.0400. The molecule has 2 aliphatic carbocycles. The van der Waals surface area contributed by atoms with Crippen LogP contribution in [0, 0.1) is 17.8 Å². The zero-order valence-electron chi connectivity index (χ0n) is 10.6. The van der Waals surface area contributed by atoms with E-state index in [1.54, 1.807) is 0 Å². The smallest absolute Gasteiger partial charge is 0.00696 e. The van der Waals surface area contributed by atoms with E-state index >= 15 is 0 Å². The Morgan fingerprint density at radius 2 is 1.60 bits per heavy atom. The predicted molar refractivity (Wildman–Crippen MR) is 65.9 cm³/mol. The van der Waals surface area contributed by atoms with Gasteiger partial charge in [-0.2, -0.15) is 0 Å². The van der Waals surface area contributed by atoms with Gasteiger partial charge in [-0.05, 0) is 57.3 Å². The number of hydrogen-bond acceptors (Lipinski definition) is 1. The second kappa shape index (κ2) is 4.86. The van der Waals surface area contributed by atoms with Crippen molar-refractivity contribution in [1.29, 1.82) is 0 Å². The van der Waals surface area contributed by atoms with Crippen molar-refractivity contribution < 1.29 is 0 Å². The highest BCUT2D eigenvalue weighted by atomic mass is 15.0. The fourth-order valence-corrected chi connectivity index (χ4v) is 3.22. The molecule has 2 fully saturated rings. The third-order valence-corrected chi connectivity index (χ3v) is 4.54. The van der Waals surface area contributed by atoms with Gasteiger partial charge >= 0.3 is 0 Å². The van der Waals surface area contributed by atoms with Gasteiger partial charge in [-0.1, -0.05) is 19.8 Å². The summed E-state index contributed by atoms with van der Waals surface area (Å²) in [6, 6.07) is 1.50. The Morgan fingerprint density at radius 3 is 2.20 bits per heavy atom. The van der Waals surface area contributed by atoms with Crippen LogP contribution in [0.3, 0.4) is 0 Å².